The number of nitrogens with one attached hydrogen (secondary N) is 1. The fourth-order valence-electron chi connectivity index (χ4n) is 3.40. The molecule has 8 heteroatoms. The van der Waals surface area contributed by atoms with E-state index in [1.54, 1.807) is 30.2 Å². The lowest BCUT2D eigenvalue weighted by molar-refractivity contribution is -0.141. The molecular formula is C22H23BrN2O5. The summed E-state index contributed by atoms with van der Waals surface area (Å²) in [6, 6.07) is 14.0. The monoisotopic (exact) mass is 474 g/mol. The Balaban J connectivity index is 1.73. The van der Waals surface area contributed by atoms with Crippen molar-refractivity contribution in [1.82, 2.24) is 5.32 Å². The Morgan fingerprint density at radius 2 is 1.93 bits per heavy atom. The minimum absolute atomic E-state index is 0.00410. The van der Waals surface area contributed by atoms with Crippen LogP contribution in [0.4, 0.5) is 5.69 Å². The number of amides is 2. The minimum atomic E-state index is -0.543. The van der Waals surface area contributed by atoms with Gasteiger partial charge in [0.2, 0.25) is 11.8 Å². The van der Waals surface area contributed by atoms with Gasteiger partial charge in [0.1, 0.15) is 5.75 Å². The maximum absolute atomic E-state index is 12.9. The van der Waals surface area contributed by atoms with E-state index in [1.807, 2.05) is 30.3 Å². The number of carbonyl (C=O) groups excluding carboxylic acids is 3. The fraction of sp³-hybridized carbons (Fsp3) is 0.318. The van der Waals surface area contributed by atoms with E-state index < -0.39 is 17.9 Å². The fourth-order valence-corrected chi connectivity index (χ4v) is 3.66. The number of anilines is 1. The zero-order valence-corrected chi connectivity index (χ0v) is 18.3. The van der Waals surface area contributed by atoms with Gasteiger partial charge in [-0.15, -0.1) is 0 Å². The molecule has 1 saturated heterocycles. The maximum atomic E-state index is 12.9. The molecule has 2 aromatic rings. The molecule has 0 radical (unpaired) electrons. The van der Waals surface area contributed by atoms with E-state index in [4.69, 9.17) is 9.47 Å². The van der Waals surface area contributed by atoms with Crippen LogP contribution < -0.4 is 15.0 Å². The van der Waals surface area contributed by atoms with Crippen LogP contribution in [0.1, 0.15) is 24.4 Å². The van der Waals surface area contributed by atoms with E-state index in [0.29, 0.717) is 11.4 Å². The predicted octanol–water partition coefficient (Wildman–Crippen LogP) is 3.23. The van der Waals surface area contributed by atoms with Crippen LogP contribution in [0, 0.1) is 5.92 Å². The Bertz CT molecular complexity index is 931. The molecule has 2 atom stereocenters. The molecule has 0 spiro atoms. The van der Waals surface area contributed by atoms with Gasteiger partial charge in [-0.1, -0.05) is 34.1 Å². The SMILES string of the molecule is COC(=O)CC(NC(=O)C1CC(=O)N(c2cccc(OC)c2)C1)c1ccc(Br)cc1. The summed E-state index contributed by atoms with van der Waals surface area (Å²) >= 11 is 3.38. The molecule has 0 aliphatic carbocycles. The van der Waals surface area contributed by atoms with Crippen LogP contribution in [-0.2, 0) is 19.1 Å². The average Bonchev–Trinajstić information content (AvgIpc) is 3.15. The summed E-state index contributed by atoms with van der Waals surface area (Å²) < 4.78 is 10.9. The summed E-state index contributed by atoms with van der Waals surface area (Å²) in [5, 5.41) is 2.92. The minimum Gasteiger partial charge on any atom is -0.497 e. The van der Waals surface area contributed by atoms with Crippen molar-refractivity contribution in [2.75, 3.05) is 25.7 Å². The molecule has 2 amide bonds. The maximum Gasteiger partial charge on any atom is 0.307 e. The van der Waals surface area contributed by atoms with Gasteiger partial charge >= 0.3 is 5.97 Å². The normalized spacial score (nSPS) is 16.8. The van der Waals surface area contributed by atoms with Crippen LogP contribution >= 0.6 is 15.9 Å². The van der Waals surface area contributed by atoms with Crippen molar-refractivity contribution < 1.29 is 23.9 Å². The van der Waals surface area contributed by atoms with Crippen LogP contribution in [0.25, 0.3) is 0 Å². The zero-order chi connectivity index (χ0) is 21.7. The van der Waals surface area contributed by atoms with Gasteiger partial charge in [-0.2, -0.15) is 0 Å². The van der Waals surface area contributed by atoms with Crippen molar-refractivity contribution in [2.45, 2.75) is 18.9 Å². The molecule has 1 fully saturated rings. The summed E-state index contributed by atoms with van der Waals surface area (Å²) in [6.45, 7) is 0.267. The van der Waals surface area contributed by atoms with Crippen molar-refractivity contribution in [2.24, 2.45) is 5.92 Å². The Morgan fingerprint density at radius 1 is 1.20 bits per heavy atom. The number of nitrogens with zero attached hydrogens (tertiary/aromatic N) is 1. The lowest BCUT2D eigenvalue weighted by Gasteiger charge is -2.21. The number of esters is 1. The van der Waals surface area contributed by atoms with Crippen molar-refractivity contribution in [1.29, 1.82) is 0 Å². The third-order valence-electron chi connectivity index (χ3n) is 5.05. The Morgan fingerprint density at radius 3 is 2.60 bits per heavy atom. The van der Waals surface area contributed by atoms with E-state index in [9.17, 15) is 14.4 Å². The lowest BCUT2D eigenvalue weighted by atomic mass is 10.0. The molecular weight excluding hydrogens is 452 g/mol. The van der Waals surface area contributed by atoms with Crippen molar-refractivity contribution in [3.63, 3.8) is 0 Å². The molecule has 0 saturated carbocycles. The van der Waals surface area contributed by atoms with Gasteiger partial charge in [0.15, 0.2) is 0 Å². The number of hydrogen-bond donors (Lipinski definition) is 1. The van der Waals surface area contributed by atoms with Gasteiger partial charge < -0.3 is 19.7 Å². The number of methoxy groups -OCH3 is 2. The van der Waals surface area contributed by atoms with Crippen LogP contribution in [0.5, 0.6) is 5.75 Å². The van der Waals surface area contributed by atoms with Gasteiger partial charge in [0.25, 0.3) is 0 Å². The molecule has 1 aliphatic heterocycles. The first-order chi connectivity index (χ1) is 14.4. The molecule has 1 N–H and O–H groups in total. The number of benzene rings is 2. The number of halogens is 1. The number of carbonyl (C=O) groups is 3. The largest absolute Gasteiger partial charge is 0.497 e. The van der Waals surface area contributed by atoms with E-state index in [0.717, 1.165) is 10.0 Å². The van der Waals surface area contributed by atoms with Crippen molar-refractivity contribution >= 4 is 39.4 Å². The highest BCUT2D eigenvalue weighted by atomic mass is 79.9. The van der Waals surface area contributed by atoms with Crippen molar-refractivity contribution in [3.05, 3.63) is 58.6 Å². The van der Waals surface area contributed by atoms with Gasteiger partial charge in [-0.25, -0.2) is 0 Å². The third-order valence-corrected chi connectivity index (χ3v) is 5.58. The molecule has 0 bridgehead atoms. The first-order valence-corrected chi connectivity index (χ1v) is 10.3. The van der Waals surface area contributed by atoms with E-state index in [2.05, 4.69) is 21.2 Å². The highest BCUT2D eigenvalue weighted by Crippen LogP contribution is 2.29. The first kappa shape index (κ1) is 21.8. The first-order valence-electron chi connectivity index (χ1n) is 9.48. The molecule has 30 heavy (non-hydrogen) atoms. The number of ether oxygens (including phenoxy) is 2. The highest BCUT2D eigenvalue weighted by Gasteiger charge is 2.36. The van der Waals surface area contributed by atoms with Crippen LogP contribution in [-0.4, -0.2) is 38.5 Å². The zero-order valence-electron chi connectivity index (χ0n) is 16.8. The molecule has 0 aromatic heterocycles. The van der Waals surface area contributed by atoms with Gasteiger partial charge in [-0.3, -0.25) is 14.4 Å². The van der Waals surface area contributed by atoms with Crippen LogP contribution in [0.3, 0.4) is 0 Å². The molecule has 2 unspecified atom stereocenters. The summed E-state index contributed by atoms with van der Waals surface area (Å²) in [4.78, 5) is 38.9. The van der Waals surface area contributed by atoms with E-state index >= 15 is 0 Å². The van der Waals surface area contributed by atoms with E-state index in [1.165, 1.54) is 7.11 Å². The topological polar surface area (TPSA) is 84.9 Å². The molecule has 1 heterocycles. The standard InChI is InChI=1S/C22H23BrN2O5/c1-29-18-5-3-4-17(11-18)25-13-15(10-20(25)26)22(28)24-19(12-21(27)30-2)14-6-8-16(23)9-7-14/h3-9,11,15,19H,10,12-13H2,1-2H3,(H,24,28). The molecule has 1 aliphatic rings. The number of hydrogen-bond acceptors (Lipinski definition) is 5. The van der Waals surface area contributed by atoms with Gasteiger partial charge in [0.05, 0.1) is 32.6 Å². The second kappa shape index (κ2) is 9.75. The third kappa shape index (κ3) is 5.18. The molecule has 158 valence electrons. The summed E-state index contributed by atoms with van der Waals surface area (Å²) in [5.41, 5.74) is 1.47. The molecule has 7 nitrogen and oxygen atoms in total. The Kier molecular flexibility index (Phi) is 7.10. The molecule has 2 aromatic carbocycles. The lowest BCUT2D eigenvalue weighted by Crippen LogP contribution is -2.36. The van der Waals surface area contributed by atoms with Crippen molar-refractivity contribution in [3.8, 4) is 5.75 Å². The van der Waals surface area contributed by atoms with Crippen LogP contribution in [0.15, 0.2) is 53.0 Å². The Hall–Kier alpha value is -2.87. The number of rotatable bonds is 7. The summed E-state index contributed by atoms with van der Waals surface area (Å²) in [7, 11) is 2.87. The second-order valence-corrected chi connectivity index (χ2v) is 7.92. The summed E-state index contributed by atoms with van der Waals surface area (Å²) in [6.07, 6.45) is 0.110. The smallest absolute Gasteiger partial charge is 0.307 e. The van der Waals surface area contributed by atoms with E-state index in [-0.39, 0.29) is 31.2 Å². The molecule has 3 rings (SSSR count). The quantitative estimate of drug-likeness (QED) is 0.622. The van der Waals surface area contributed by atoms with Crippen LogP contribution in [0.2, 0.25) is 0 Å². The predicted molar refractivity (Wildman–Crippen MR) is 115 cm³/mol. The average molecular weight is 475 g/mol. The second-order valence-electron chi connectivity index (χ2n) is 7.00. The summed E-state index contributed by atoms with van der Waals surface area (Å²) in [5.74, 6) is -0.702. The highest BCUT2D eigenvalue weighted by molar-refractivity contribution is 9.10. The van der Waals surface area contributed by atoms with Gasteiger partial charge in [-0.05, 0) is 29.8 Å². The van der Waals surface area contributed by atoms with Gasteiger partial charge in [0, 0.05) is 29.2 Å². The Labute approximate surface area is 183 Å².